The Labute approximate surface area is 235 Å². The van der Waals surface area contributed by atoms with Crippen molar-refractivity contribution in [1.29, 1.82) is 0 Å². The van der Waals surface area contributed by atoms with Crippen LogP contribution in [-0.4, -0.2) is 50.5 Å². The van der Waals surface area contributed by atoms with E-state index < -0.39 is 72.8 Å². The van der Waals surface area contributed by atoms with E-state index in [0.717, 1.165) is 33.3 Å². The molecule has 0 saturated heterocycles. The van der Waals surface area contributed by atoms with Crippen LogP contribution in [0.4, 0.5) is 26.7 Å². The molecular formula is C25H31F5N4O6S. The Morgan fingerprint density at radius 3 is 2.37 bits per heavy atom. The predicted octanol–water partition coefficient (Wildman–Crippen LogP) is 4.77. The first-order chi connectivity index (χ1) is 18.8. The number of alkyl halides is 5. The van der Waals surface area contributed by atoms with Crippen molar-refractivity contribution in [3.63, 3.8) is 0 Å². The molecule has 1 aliphatic carbocycles. The summed E-state index contributed by atoms with van der Waals surface area (Å²) in [5.41, 5.74) is -0.433. The van der Waals surface area contributed by atoms with E-state index in [2.05, 4.69) is 5.43 Å². The number of nitrogens with zero attached hydrogens (tertiary/aromatic N) is 3. The van der Waals surface area contributed by atoms with Crippen LogP contribution >= 0.6 is 11.3 Å². The second-order valence-corrected chi connectivity index (χ2v) is 11.6. The Kier molecular flexibility index (Phi) is 9.25. The van der Waals surface area contributed by atoms with Gasteiger partial charge in [0.05, 0.1) is 37.3 Å². The van der Waals surface area contributed by atoms with Gasteiger partial charge >= 0.3 is 18.0 Å². The molecule has 0 atom stereocenters. The van der Waals surface area contributed by atoms with Gasteiger partial charge in [-0.05, 0) is 40.2 Å². The van der Waals surface area contributed by atoms with Gasteiger partial charge in [-0.25, -0.2) is 28.8 Å². The van der Waals surface area contributed by atoms with Gasteiger partial charge in [-0.2, -0.15) is 13.2 Å². The molecule has 10 nitrogen and oxygen atoms in total. The van der Waals surface area contributed by atoms with E-state index in [1.54, 1.807) is 27.7 Å². The van der Waals surface area contributed by atoms with E-state index in [-0.39, 0.29) is 33.8 Å². The minimum Gasteiger partial charge on any atom is -0.501 e. The molecule has 0 bridgehead atoms. The molecule has 2 amide bonds. The number of thiophene rings is 1. The molecule has 16 heteroatoms. The number of amides is 2. The lowest BCUT2D eigenvalue weighted by Gasteiger charge is -2.35. The van der Waals surface area contributed by atoms with Crippen molar-refractivity contribution in [3.05, 3.63) is 43.6 Å². The number of fused-ring (bicyclic) bond motifs is 1. The highest BCUT2D eigenvalue weighted by Gasteiger charge is 2.48. The van der Waals surface area contributed by atoms with E-state index >= 15 is 0 Å². The maximum atomic E-state index is 13.6. The summed E-state index contributed by atoms with van der Waals surface area (Å²) in [5, 5.41) is 0.723. The fourth-order valence-electron chi connectivity index (χ4n) is 4.15. The van der Waals surface area contributed by atoms with Gasteiger partial charge in [0.15, 0.2) is 0 Å². The highest BCUT2D eigenvalue weighted by Crippen LogP contribution is 2.44. The second-order valence-electron chi connectivity index (χ2n) is 10.5. The van der Waals surface area contributed by atoms with Crippen molar-refractivity contribution in [2.45, 2.75) is 90.7 Å². The van der Waals surface area contributed by atoms with Crippen LogP contribution < -0.4 is 16.7 Å². The molecule has 0 radical (unpaired) electrons. The number of ether oxygens (including phenoxy) is 2. The third-order valence-electron chi connectivity index (χ3n) is 6.06. The molecule has 3 rings (SSSR count). The Bertz CT molecular complexity index is 1450. The molecule has 0 unspecified atom stereocenters. The van der Waals surface area contributed by atoms with Gasteiger partial charge in [-0.1, -0.05) is 0 Å². The highest BCUT2D eigenvalue weighted by atomic mass is 32.1. The van der Waals surface area contributed by atoms with Gasteiger partial charge in [0, 0.05) is 30.3 Å². The zero-order valence-electron chi connectivity index (χ0n) is 23.1. The lowest BCUT2D eigenvalue weighted by atomic mass is 9.88. The van der Waals surface area contributed by atoms with Crippen molar-refractivity contribution in [3.8, 4) is 0 Å². The molecule has 0 aliphatic heterocycles. The molecule has 1 aliphatic rings. The van der Waals surface area contributed by atoms with Gasteiger partial charge in [0.2, 0.25) is 0 Å². The molecule has 1 saturated carbocycles. The van der Waals surface area contributed by atoms with E-state index in [1.807, 2.05) is 0 Å². The first-order valence-corrected chi connectivity index (χ1v) is 13.5. The number of halogens is 5. The summed E-state index contributed by atoms with van der Waals surface area (Å²) in [6, 6.07) is -1.18. The van der Waals surface area contributed by atoms with Gasteiger partial charge in [-0.15, -0.1) is 11.3 Å². The monoisotopic (exact) mass is 610 g/mol. The number of hydrogen-bond donors (Lipinski definition) is 1. The van der Waals surface area contributed by atoms with Crippen LogP contribution in [0.15, 0.2) is 21.9 Å². The minimum atomic E-state index is -4.64. The predicted molar refractivity (Wildman–Crippen MR) is 140 cm³/mol. The second kappa shape index (κ2) is 11.8. The molecule has 1 N–H and O–H groups in total. The van der Waals surface area contributed by atoms with Crippen molar-refractivity contribution >= 4 is 33.6 Å². The molecule has 0 aromatic carbocycles. The normalized spacial score (nSPS) is 15.7. The summed E-state index contributed by atoms with van der Waals surface area (Å²) >= 11 is 0.782. The SMILES string of the molecule is CCOC=CC(=O)N(Cc1sc2c(c1C)c(=O)n(C1CC(F)(F)C1)c(=O)n2CCC(F)(F)F)NC(=O)OC(C)(C)C. The van der Waals surface area contributed by atoms with Crippen LogP contribution in [0.1, 0.15) is 63.4 Å². The number of nitrogens with one attached hydrogen (secondary N) is 1. The smallest absolute Gasteiger partial charge is 0.426 e. The summed E-state index contributed by atoms with van der Waals surface area (Å²) in [4.78, 5) is 52.1. The van der Waals surface area contributed by atoms with Crippen LogP contribution in [0.25, 0.3) is 10.2 Å². The Hall–Kier alpha value is -3.43. The minimum absolute atomic E-state index is 0.103. The number of carbonyl (C=O) groups is 2. The fourth-order valence-corrected chi connectivity index (χ4v) is 5.46. The first-order valence-electron chi connectivity index (χ1n) is 12.6. The van der Waals surface area contributed by atoms with Crippen molar-refractivity contribution in [2.75, 3.05) is 6.61 Å². The molecule has 1 fully saturated rings. The Morgan fingerprint density at radius 2 is 1.83 bits per heavy atom. The van der Waals surface area contributed by atoms with E-state index in [9.17, 15) is 41.1 Å². The number of hydrazine groups is 1. The summed E-state index contributed by atoms with van der Waals surface area (Å²) in [5.74, 6) is -3.86. The molecule has 0 spiro atoms. The zero-order valence-corrected chi connectivity index (χ0v) is 23.9. The topological polar surface area (TPSA) is 112 Å². The van der Waals surface area contributed by atoms with Gasteiger partial charge < -0.3 is 9.47 Å². The third-order valence-corrected chi connectivity index (χ3v) is 7.36. The first kappa shape index (κ1) is 32.1. The number of hydrogen-bond acceptors (Lipinski definition) is 7. The van der Waals surface area contributed by atoms with Crippen LogP contribution in [0.3, 0.4) is 0 Å². The third kappa shape index (κ3) is 7.86. The average molecular weight is 611 g/mol. The molecular weight excluding hydrogens is 579 g/mol. The van der Waals surface area contributed by atoms with Gasteiger partial charge in [0.25, 0.3) is 17.4 Å². The quantitative estimate of drug-likeness (QED) is 0.200. The maximum absolute atomic E-state index is 13.6. The Balaban J connectivity index is 2.11. The zero-order chi connectivity index (χ0) is 30.9. The van der Waals surface area contributed by atoms with Crippen LogP contribution in [0.2, 0.25) is 0 Å². The molecule has 2 heterocycles. The van der Waals surface area contributed by atoms with Crippen LogP contribution in [0.5, 0.6) is 0 Å². The molecule has 41 heavy (non-hydrogen) atoms. The molecule has 2 aromatic heterocycles. The fraction of sp³-hybridized carbons (Fsp3) is 0.600. The van der Waals surface area contributed by atoms with Gasteiger partial charge in [0.1, 0.15) is 10.4 Å². The van der Waals surface area contributed by atoms with Crippen LogP contribution in [-0.2, 0) is 27.4 Å². The van der Waals surface area contributed by atoms with Crippen molar-refractivity contribution in [2.24, 2.45) is 0 Å². The summed E-state index contributed by atoms with van der Waals surface area (Å²) in [7, 11) is 0. The van der Waals surface area contributed by atoms with E-state index in [1.165, 1.54) is 6.92 Å². The average Bonchev–Trinajstić information content (AvgIpc) is 3.11. The highest BCUT2D eigenvalue weighted by molar-refractivity contribution is 7.18. The van der Waals surface area contributed by atoms with E-state index in [4.69, 9.17) is 9.47 Å². The van der Waals surface area contributed by atoms with Gasteiger partial charge in [-0.3, -0.25) is 18.7 Å². The maximum Gasteiger partial charge on any atom is 0.426 e. The Morgan fingerprint density at radius 1 is 1.20 bits per heavy atom. The van der Waals surface area contributed by atoms with Crippen LogP contribution in [0, 0.1) is 6.92 Å². The number of rotatable bonds is 8. The van der Waals surface area contributed by atoms with Crippen molar-refractivity contribution < 1.29 is 41.0 Å². The summed E-state index contributed by atoms with van der Waals surface area (Å²) in [6.45, 7) is 6.99. The molecule has 2 aromatic rings. The lowest BCUT2D eigenvalue weighted by molar-refractivity contribution is -0.136. The number of aryl methyl sites for hydroxylation is 2. The largest absolute Gasteiger partial charge is 0.501 e. The lowest BCUT2D eigenvalue weighted by Crippen LogP contribution is -2.49. The summed E-state index contributed by atoms with van der Waals surface area (Å²) < 4.78 is 78.1. The van der Waals surface area contributed by atoms with Crippen molar-refractivity contribution in [1.82, 2.24) is 19.6 Å². The standard InChI is InChI=1S/C25H31F5N4O6S/c1-6-39-10-7-17(35)33(31-21(37)40-23(3,4)5)13-16-14(2)18-19(36)34(15-11-24(26,27)12-15)22(38)32(20(18)41-16)9-8-25(28,29)30/h7,10,15H,6,8-9,11-13H2,1-5H3,(H,31,37). The number of carbonyl (C=O) groups excluding carboxylic acids is 2. The summed E-state index contributed by atoms with van der Waals surface area (Å²) in [6.07, 6.45) is -6.49. The number of aromatic nitrogens is 2. The van der Waals surface area contributed by atoms with E-state index in [0.29, 0.717) is 4.57 Å². The molecule has 228 valence electrons.